The van der Waals surface area contributed by atoms with Gasteiger partial charge < -0.3 is 10.6 Å². The van der Waals surface area contributed by atoms with Crippen LogP contribution in [0.15, 0.2) is 47.6 Å². The number of aromatic nitrogens is 1. The van der Waals surface area contributed by atoms with Crippen LogP contribution in [0, 0.1) is 5.82 Å². The lowest BCUT2D eigenvalue weighted by molar-refractivity contribution is -0.137. The van der Waals surface area contributed by atoms with Gasteiger partial charge in [0.2, 0.25) is 0 Å². The zero-order valence-electron chi connectivity index (χ0n) is 13.3. The Morgan fingerprint density at radius 3 is 2.28 bits per heavy atom. The van der Waals surface area contributed by atoms with Crippen LogP contribution in [0.3, 0.4) is 0 Å². The molecule has 0 atom stereocenters. The minimum absolute atomic E-state index is 0. The molecule has 0 fully saturated rings. The number of benzene rings is 1. The van der Waals surface area contributed by atoms with E-state index in [4.69, 9.17) is 0 Å². The maximum absolute atomic E-state index is 13.5. The second-order valence-corrected chi connectivity index (χ2v) is 4.91. The highest BCUT2D eigenvalue weighted by atomic mass is 127. The molecule has 136 valence electrons. The van der Waals surface area contributed by atoms with Gasteiger partial charge in [-0.3, -0.25) is 9.98 Å². The fraction of sp³-hybridized carbons (Fsp3) is 0.250. The number of guanidine groups is 1. The van der Waals surface area contributed by atoms with Crippen LogP contribution < -0.4 is 10.6 Å². The van der Waals surface area contributed by atoms with Crippen molar-refractivity contribution in [3.05, 3.63) is 65.2 Å². The summed E-state index contributed by atoms with van der Waals surface area (Å²) in [7, 11) is 1.54. The zero-order chi connectivity index (χ0) is 17.6. The van der Waals surface area contributed by atoms with E-state index in [1.54, 1.807) is 0 Å². The van der Waals surface area contributed by atoms with Crippen LogP contribution >= 0.6 is 24.0 Å². The van der Waals surface area contributed by atoms with Gasteiger partial charge in [-0.05, 0) is 29.8 Å². The van der Waals surface area contributed by atoms with E-state index >= 15 is 0 Å². The van der Waals surface area contributed by atoms with Crippen LogP contribution in [0.2, 0.25) is 0 Å². The molecule has 0 spiro atoms. The Morgan fingerprint density at radius 1 is 1.08 bits per heavy atom. The molecule has 2 aromatic rings. The standard InChI is InChI=1S/C16H16F4N4.HI/c1-21-15(24-10-14-13(17)3-2-8-22-14)23-9-11-4-6-12(7-5-11)16(18,19)20;/h2-8H,9-10H2,1H3,(H2,21,23,24);1H. The van der Waals surface area contributed by atoms with Gasteiger partial charge in [0.15, 0.2) is 5.96 Å². The molecule has 0 saturated heterocycles. The zero-order valence-corrected chi connectivity index (χ0v) is 15.6. The number of hydrogen-bond acceptors (Lipinski definition) is 2. The fourth-order valence-corrected chi connectivity index (χ4v) is 1.93. The highest BCUT2D eigenvalue weighted by molar-refractivity contribution is 14.0. The average Bonchev–Trinajstić information content (AvgIpc) is 2.56. The van der Waals surface area contributed by atoms with E-state index < -0.39 is 17.6 Å². The third-order valence-electron chi connectivity index (χ3n) is 3.22. The summed E-state index contributed by atoms with van der Waals surface area (Å²) in [6.07, 6.45) is -2.87. The summed E-state index contributed by atoms with van der Waals surface area (Å²) in [6, 6.07) is 7.63. The third kappa shape index (κ3) is 6.48. The Hall–Kier alpha value is -1.91. The van der Waals surface area contributed by atoms with Crippen molar-refractivity contribution in [1.29, 1.82) is 0 Å². The van der Waals surface area contributed by atoms with E-state index in [1.807, 2.05) is 0 Å². The molecule has 1 aromatic carbocycles. The number of hydrogen-bond donors (Lipinski definition) is 2. The maximum Gasteiger partial charge on any atom is 0.416 e. The summed E-state index contributed by atoms with van der Waals surface area (Å²) in [6.45, 7) is 0.419. The first-order valence-electron chi connectivity index (χ1n) is 7.10. The Morgan fingerprint density at radius 2 is 1.72 bits per heavy atom. The number of nitrogens with one attached hydrogen (secondary N) is 2. The van der Waals surface area contributed by atoms with Crippen molar-refractivity contribution in [3.8, 4) is 0 Å². The second kappa shape index (κ2) is 9.54. The van der Waals surface area contributed by atoms with Crippen molar-refractivity contribution in [2.45, 2.75) is 19.3 Å². The van der Waals surface area contributed by atoms with E-state index in [0.717, 1.165) is 12.1 Å². The summed E-state index contributed by atoms with van der Waals surface area (Å²) in [5.74, 6) is -0.0388. The van der Waals surface area contributed by atoms with E-state index in [9.17, 15) is 17.6 Å². The summed E-state index contributed by atoms with van der Waals surface area (Å²) >= 11 is 0. The first-order chi connectivity index (χ1) is 11.4. The second-order valence-electron chi connectivity index (χ2n) is 4.91. The largest absolute Gasteiger partial charge is 0.416 e. The first-order valence-corrected chi connectivity index (χ1v) is 7.10. The van der Waals surface area contributed by atoms with Gasteiger partial charge in [0.05, 0.1) is 17.8 Å². The first kappa shape index (κ1) is 21.1. The van der Waals surface area contributed by atoms with Crippen LogP contribution in [0.1, 0.15) is 16.8 Å². The lowest BCUT2D eigenvalue weighted by atomic mass is 10.1. The molecular formula is C16H17F4IN4. The maximum atomic E-state index is 13.5. The van der Waals surface area contributed by atoms with Gasteiger partial charge in [0, 0.05) is 19.8 Å². The van der Waals surface area contributed by atoms with Gasteiger partial charge in [0.25, 0.3) is 0 Å². The average molecular weight is 468 g/mol. The SMILES string of the molecule is CN=C(NCc1ccc(C(F)(F)F)cc1)NCc1ncccc1F.I. The Bertz CT molecular complexity index is 702. The van der Waals surface area contributed by atoms with Crippen LogP contribution in [0.25, 0.3) is 0 Å². The summed E-state index contributed by atoms with van der Waals surface area (Å²) in [4.78, 5) is 7.88. The molecule has 4 nitrogen and oxygen atoms in total. The van der Waals surface area contributed by atoms with Gasteiger partial charge in [-0.25, -0.2) is 4.39 Å². The molecule has 1 aromatic heterocycles. The molecule has 0 aliphatic heterocycles. The number of rotatable bonds is 4. The molecule has 0 radical (unpaired) electrons. The van der Waals surface area contributed by atoms with Crippen LogP contribution in [0.4, 0.5) is 17.6 Å². The molecule has 0 saturated carbocycles. The van der Waals surface area contributed by atoms with Gasteiger partial charge in [-0.1, -0.05) is 12.1 Å². The van der Waals surface area contributed by atoms with E-state index in [0.29, 0.717) is 11.5 Å². The molecule has 0 unspecified atom stereocenters. The Kier molecular flexibility index (Phi) is 8.07. The highest BCUT2D eigenvalue weighted by Gasteiger charge is 2.29. The van der Waals surface area contributed by atoms with Crippen LogP contribution in [0.5, 0.6) is 0 Å². The molecule has 9 heteroatoms. The normalized spacial score (nSPS) is 11.6. The molecule has 1 heterocycles. The topological polar surface area (TPSA) is 49.3 Å². The molecule has 25 heavy (non-hydrogen) atoms. The minimum atomic E-state index is -4.35. The molecule has 0 aliphatic rings. The van der Waals surface area contributed by atoms with Crippen LogP contribution in [-0.4, -0.2) is 18.0 Å². The molecule has 0 aliphatic carbocycles. The number of alkyl halides is 3. The van der Waals surface area contributed by atoms with Gasteiger partial charge in [-0.2, -0.15) is 13.2 Å². The van der Waals surface area contributed by atoms with E-state index in [1.165, 1.54) is 37.5 Å². The van der Waals surface area contributed by atoms with Crippen molar-refractivity contribution in [3.63, 3.8) is 0 Å². The fourth-order valence-electron chi connectivity index (χ4n) is 1.93. The highest BCUT2D eigenvalue weighted by Crippen LogP contribution is 2.28. The monoisotopic (exact) mass is 468 g/mol. The van der Waals surface area contributed by atoms with Crippen LogP contribution in [-0.2, 0) is 19.3 Å². The minimum Gasteiger partial charge on any atom is -0.352 e. The molecule has 0 amide bonds. The number of pyridine rings is 1. The molecule has 0 bridgehead atoms. The van der Waals surface area contributed by atoms with Gasteiger partial charge >= 0.3 is 6.18 Å². The summed E-state index contributed by atoms with van der Waals surface area (Å²) < 4.78 is 51.0. The predicted molar refractivity (Wildman–Crippen MR) is 98.1 cm³/mol. The molecule has 2 rings (SSSR count). The number of aliphatic imine (C=N–C) groups is 1. The predicted octanol–water partition coefficient (Wildman–Crippen LogP) is 3.72. The molecule has 2 N–H and O–H groups in total. The van der Waals surface area contributed by atoms with Crippen molar-refractivity contribution in [2.75, 3.05) is 7.05 Å². The van der Waals surface area contributed by atoms with E-state index in [-0.39, 0.29) is 42.8 Å². The van der Waals surface area contributed by atoms with E-state index in [2.05, 4.69) is 20.6 Å². The van der Waals surface area contributed by atoms with Crippen molar-refractivity contribution in [2.24, 2.45) is 4.99 Å². The van der Waals surface area contributed by atoms with Gasteiger partial charge in [-0.15, -0.1) is 24.0 Å². The number of nitrogens with zero attached hydrogens (tertiary/aromatic N) is 2. The number of halogens is 5. The van der Waals surface area contributed by atoms with Crippen molar-refractivity contribution in [1.82, 2.24) is 15.6 Å². The lowest BCUT2D eigenvalue weighted by Crippen LogP contribution is -2.36. The quantitative estimate of drug-likeness (QED) is 0.312. The Labute approximate surface area is 159 Å². The third-order valence-corrected chi connectivity index (χ3v) is 3.22. The summed E-state index contributed by atoms with van der Waals surface area (Å²) in [5.41, 5.74) is 0.212. The van der Waals surface area contributed by atoms with Crippen molar-refractivity contribution < 1.29 is 17.6 Å². The lowest BCUT2D eigenvalue weighted by Gasteiger charge is -2.12. The van der Waals surface area contributed by atoms with Crippen molar-refractivity contribution >= 4 is 29.9 Å². The smallest absolute Gasteiger partial charge is 0.352 e. The summed E-state index contributed by atoms with van der Waals surface area (Å²) in [5, 5.41) is 5.83. The van der Waals surface area contributed by atoms with Gasteiger partial charge in [0.1, 0.15) is 5.82 Å². The molecular weight excluding hydrogens is 451 g/mol. The Balaban J connectivity index is 0.00000312.